The summed E-state index contributed by atoms with van der Waals surface area (Å²) in [6, 6.07) is 0. The van der Waals surface area contributed by atoms with E-state index < -0.39 is 18.9 Å². The number of methoxy groups -OCH3 is 1. The Morgan fingerprint density at radius 2 is 1.81 bits per heavy atom. The molecule has 0 fully saturated rings. The molecule has 0 N–H and O–H groups in total. The molecule has 0 aliphatic carbocycles. The molecular weight excluding hydrogens is 216 g/mol. The van der Waals surface area contributed by atoms with E-state index in [0.29, 0.717) is 25.9 Å². The van der Waals surface area contributed by atoms with Gasteiger partial charge in [0.25, 0.3) is 0 Å². The molecule has 0 spiro atoms. The summed E-state index contributed by atoms with van der Waals surface area (Å²) in [4.78, 5) is 21.7. The third-order valence-electron chi connectivity index (χ3n) is 1.56. The standard InChI is InChI=1S/C10H18O6/c1-3-5-9(11)15-8-16-10(12)14-7-4-6-13-2/h3-8H2,1-2H3. The zero-order chi connectivity index (χ0) is 12.2. The maximum atomic E-state index is 10.9. The van der Waals surface area contributed by atoms with Crippen LogP contribution in [0.15, 0.2) is 0 Å². The van der Waals surface area contributed by atoms with Gasteiger partial charge in [-0.1, -0.05) is 6.92 Å². The summed E-state index contributed by atoms with van der Waals surface area (Å²) < 4.78 is 18.5. The second-order valence-corrected chi connectivity index (χ2v) is 2.97. The van der Waals surface area contributed by atoms with E-state index in [9.17, 15) is 9.59 Å². The number of hydrogen-bond acceptors (Lipinski definition) is 6. The maximum Gasteiger partial charge on any atom is 0.511 e. The molecular formula is C10H18O6. The fraction of sp³-hybridized carbons (Fsp3) is 0.800. The highest BCUT2D eigenvalue weighted by Crippen LogP contribution is 1.93. The van der Waals surface area contributed by atoms with Crippen LogP contribution in [-0.4, -0.2) is 39.2 Å². The highest BCUT2D eigenvalue weighted by Gasteiger charge is 2.05. The Labute approximate surface area is 94.8 Å². The van der Waals surface area contributed by atoms with E-state index in [-0.39, 0.29) is 6.61 Å². The minimum atomic E-state index is -0.847. The van der Waals surface area contributed by atoms with Gasteiger partial charge in [0.15, 0.2) is 0 Å². The zero-order valence-electron chi connectivity index (χ0n) is 9.69. The smallest absolute Gasteiger partial charge is 0.434 e. The fourth-order valence-electron chi connectivity index (χ4n) is 0.820. The van der Waals surface area contributed by atoms with Crippen molar-refractivity contribution >= 4 is 12.1 Å². The van der Waals surface area contributed by atoms with Gasteiger partial charge in [-0.05, 0) is 6.42 Å². The summed E-state index contributed by atoms with van der Waals surface area (Å²) in [5.41, 5.74) is 0. The van der Waals surface area contributed by atoms with Gasteiger partial charge in [-0.3, -0.25) is 4.79 Å². The number of hydrogen-bond donors (Lipinski definition) is 0. The lowest BCUT2D eigenvalue weighted by atomic mass is 10.3. The van der Waals surface area contributed by atoms with Gasteiger partial charge in [-0.25, -0.2) is 4.79 Å². The van der Waals surface area contributed by atoms with E-state index in [4.69, 9.17) is 4.74 Å². The maximum absolute atomic E-state index is 10.9. The number of ether oxygens (including phenoxy) is 4. The van der Waals surface area contributed by atoms with Crippen LogP contribution in [0.5, 0.6) is 0 Å². The summed E-state index contributed by atoms with van der Waals surface area (Å²) in [5.74, 6) is -0.394. The lowest BCUT2D eigenvalue weighted by Gasteiger charge is -2.06. The van der Waals surface area contributed by atoms with Crippen molar-refractivity contribution in [3.8, 4) is 0 Å². The number of carbonyl (C=O) groups is 2. The molecule has 0 rings (SSSR count). The van der Waals surface area contributed by atoms with Crippen LogP contribution in [0.25, 0.3) is 0 Å². The van der Waals surface area contributed by atoms with Crippen molar-refractivity contribution in [3.63, 3.8) is 0 Å². The van der Waals surface area contributed by atoms with E-state index in [1.165, 1.54) is 0 Å². The van der Waals surface area contributed by atoms with E-state index in [1.54, 1.807) is 7.11 Å². The molecule has 0 atom stereocenters. The van der Waals surface area contributed by atoms with Gasteiger partial charge in [0.05, 0.1) is 6.61 Å². The third kappa shape index (κ3) is 9.26. The van der Waals surface area contributed by atoms with Crippen LogP contribution in [0.2, 0.25) is 0 Å². The molecule has 0 amide bonds. The largest absolute Gasteiger partial charge is 0.511 e. The summed E-state index contributed by atoms with van der Waals surface area (Å²) in [7, 11) is 1.56. The molecule has 0 aromatic carbocycles. The molecule has 6 heteroatoms. The van der Waals surface area contributed by atoms with Crippen molar-refractivity contribution in [2.45, 2.75) is 26.2 Å². The molecule has 0 aromatic rings. The minimum absolute atomic E-state index is 0.218. The van der Waals surface area contributed by atoms with Crippen LogP contribution < -0.4 is 0 Å². The summed E-state index contributed by atoms with van der Waals surface area (Å²) in [5, 5.41) is 0. The van der Waals surface area contributed by atoms with Gasteiger partial charge in [-0.2, -0.15) is 0 Å². The van der Waals surface area contributed by atoms with Crippen LogP contribution in [-0.2, 0) is 23.7 Å². The fourth-order valence-corrected chi connectivity index (χ4v) is 0.820. The molecule has 6 nitrogen and oxygen atoms in total. The Hall–Kier alpha value is -1.30. The van der Waals surface area contributed by atoms with Crippen LogP contribution in [0.1, 0.15) is 26.2 Å². The van der Waals surface area contributed by atoms with Gasteiger partial charge in [0.2, 0.25) is 6.79 Å². The van der Waals surface area contributed by atoms with E-state index in [0.717, 1.165) is 0 Å². The highest BCUT2D eigenvalue weighted by molar-refractivity contribution is 5.69. The highest BCUT2D eigenvalue weighted by atomic mass is 16.8. The van der Waals surface area contributed by atoms with Crippen molar-refractivity contribution in [3.05, 3.63) is 0 Å². The quantitative estimate of drug-likeness (QED) is 0.360. The topological polar surface area (TPSA) is 71.1 Å². The van der Waals surface area contributed by atoms with E-state index >= 15 is 0 Å². The van der Waals surface area contributed by atoms with Crippen molar-refractivity contribution in [1.82, 2.24) is 0 Å². The molecule has 0 aliphatic heterocycles. The van der Waals surface area contributed by atoms with Gasteiger partial charge >= 0.3 is 12.1 Å². The molecule has 0 aliphatic rings. The van der Waals surface area contributed by atoms with Gasteiger partial charge in [0.1, 0.15) is 0 Å². The molecule has 0 heterocycles. The Balaban J connectivity index is 3.33. The Bertz CT molecular complexity index is 203. The monoisotopic (exact) mass is 234 g/mol. The second kappa shape index (κ2) is 10.2. The number of esters is 1. The predicted molar refractivity (Wildman–Crippen MR) is 54.8 cm³/mol. The average molecular weight is 234 g/mol. The summed E-state index contributed by atoms with van der Waals surface area (Å²) >= 11 is 0. The minimum Gasteiger partial charge on any atom is -0.434 e. The van der Waals surface area contributed by atoms with Crippen molar-refractivity contribution in [2.75, 3.05) is 27.1 Å². The van der Waals surface area contributed by atoms with Gasteiger partial charge in [0, 0.05) is 26.6 Å². The lowest BCUT2D eigenvalue weighted by molar-refractivity contribution is -0.153. The average Bonchev–Trinajstić information content (AvgIpc) is 2.25. The van der Waals surface area contributed by atoms with Crippen LogP contribution >= 0.6 is 0 Å². The first-order chi connectivity index (χ1) is 7.70. The van der Waals surface area contributed by atoms with Crippen LogP contribution in [0, 0.1) is 0 Å². The molecule has 0 bridgehead atoms. The second-order valence-electron chi connectivity index (χ2n) is 2.97. The van der Waals surface area contributed by atoms with Crippen molar-refractivity contribution in [2.24, 2.45) is 0 Å². The first-order valence-corrected chi connectivity index (χ1v) is 5.14. The van der Waals surface area contributed by atoms with Crippen LogP contribution in [0.4, 0.5) is 4.79 Å². The molecule has 0 radical (unpaired) electrons. The molecule has 16 heavy (non-hydrogen) atoms. The Morgan fingerprint density at radius 1 is 1.06 bits per heavy atom. The summed E-state index contributed by atoms with van der Waals surface area (Å²) in [6.07, 6.45) is 0.758. The van der Waals surface area contributed by atoms with Crippen molar-refractivity contribution in [1.29, 1.82) is 0 Å². The van der Waals surface area contributed by atoms with Gasteiger partial charge < -0.3 is 18.9 Å². The van der Waals surface area contributed by atoms with Crippen molar-refractivity contribution < 1.29 is 28.5 Å². The van der Waals surface area contributed by atoms with E-state index in [2.05, 4.69) is 14.2 Å². The normalized spacial score (nSPS) is 9.62. The number of carbonyl (C=O) groups excluding carboxylic acids is 2. The SMILES string of the molecule is CCCC(=O)OCOC(=O)OCCCOC. The molecule has 0 unspecified atom stereocenters. The van der Waals surface area contributed by atoms with Crippen LogP contribution in [0.3, 0.4) is 0 Å². The zero-order valence-corrected chi connectivity index (χ0v) is 9.69. The molecule has 0 aromatic heterocycles. The lowest BCUT2D eigenvalue weighted by Crippen LogP contribution is -2.14. The Kier molecular flexibility index (Phi) is 9.39. The predicted octanol–water partition coefficient (Wildman–Crippen LogP) is 1.48. The molecule has 0 saturated carbocycles. The third-order valence-corrected chi connectivity index (χ3v) is 1.56. The molecule has 94 valence electrons. The van der Waals surface area contributed by atoms with E-state index in [1.807, 2.05) is 6.92 Å². The number of rotatable bonds is 8. The Morgan fingerprint density at radius 3 is 2.44 bits per heavy atom. The first-order valence-electron chi connectivity index (χ1n) is 5.14. The summed E-state index contributed by atoms with van der Waals surface area (Å²) in [6.45, 7) is 2.18. The first kappa shape index (κ1) is 14.7. The van der Waals surface area contributed by atoms with Gasteiger partial charge in [-0.15, -0.1) is 0 Å². The molecule has 0 saturated heterocycles.